The second-order valence-corrected chi connectivity index (χ2v) is 6.64. The Bertz CT molecular complexity index is 565. The van der Waals surface area contributed by atoms with Crippen LogP contribution in [0.3, 0.4) is 0 Å². The fourth-order valence-corrected chi connectivity index (χ4v) is 3.34. The third-order valence-electron chi connectivity index (χ3n) is 3.74. The lowest BCUT2D eigenvalue weighted by molar-refractivity contribution is 0.532. The first-order valence-corrected chi connectivity index (χ1v) is 8.88. The van der Waals surface area contributed by atoms with Crippen molar-refractivity contribution in [3.63, 3.8) is 0 Å². The van der Waals surface area contributed by atoms with E-state index in [9.17, 15) is 0 Å². The topological polar surface area (TPSA) is 12.0 Å². The summed E-state index contributed by atoms with van der Waals surface area (Å²) in [5.41, 5.74) is 5.38. The molecule has 1 nitrogen and oxygen atoms in total. The van der Waals surface area contributed by atoms with Crippen molar-refractivity contribution in [1.29, 1.82) is 0 Å². The molecule has 2 heteroatoms. The van der Waals surface area contributed by atoms with Gasteiger partial charge in [-0.2, -0.15) is 11.8 Å². The minimum Gasteiger partial charge on any atom is -0.303 e. The van der Waals surface area contributed by atoms with Crippen LogP contribution in [0.15, 0.2) is 48.5 Å². The van der Waals surface area contributed by atoms with E-state index in [-0.39, 0.29) is 6.04 Å². The van der Waals surface area contributed by atoms with E-state index in [1.165, 1.54) is 22.3 Å². The molecule has 0 saturated heterocycles. The number of benzene rings is 2. The van der Waals surface area contributed by atoms with Crippen LogP contribution in [0.5, 0.6) is 0 Å². The van der Waals surface area contributed by atoms with Gasteiger partial charge in [0.15, 0.2) is 0 Å². The first kappa shape index (κ1) is 16.1. The Morgan fingerprint density at radius 3 is 2.38 bits per heavy atom. The van der Waals surface area contributed by atoms with Crippen molar-refractivity contribution in [2.24, 2.45) is 0 Å². The van der Waals surface area contributed by atoms with Crippen molar-refractivity contribution in [2.45, 2.75) is 32.9 Å². The first-order chi connectivity index (χ1) is 10.1. The monoisotopic (exact) mass is 299 g/mol. The summed E-state index contributed by atoms with van der Waals surface area (Å²) < 4.78 is 0. The summed E-state index contributed by atoms with van der Waals surface area (Å²) in [7, 11) is 0. The van der Waals surface area contributed by atoms with Crippen molar-refractivity contribution >= 4 is 11.8 Å². The average Bonchev–Trinajstić information content (AvgIpc) is 2.47. The quantitative estimate of drug-likeness (QED) is 0.827. The lowest BCUT2D eigenvalue weighted by atomic mass is 9.93. The molecule has 0 aromatic heterocycles. The van der Waals surface area contributed by atoms with Gasteiger partial charge in [0.25, 0.3) is 0 Å². The van der Waals surface area contributed by atoms with Gasteiger partial charge in [-0.15, -0.1) is 0 Å². The fraction of sp³-hybridized carbons (Fsp3) is 0.368. The fourth-order valence-electron chi connectivity index (χ4n) is 2.74. The number of hydrogen-bond donors (Lipinski definition) is 1. The number of aryl methyl sites for hydroxylation is 2. The summed E-state index contributed by atoms with van der Waals surface area (Å²) in [6.07, 6.45) is 2.16. The molecule has 2 unspecified atom stereocenters. The van der Waals surface area contributed by atoms with Crippen LogP contribution in [0, 0.1) is 13.8 Å². The molecule has 0 spiro atoms. The highest BCUT2D eigenvalue weighted by Gasteiger charge is 2.18. The van der Waals surface area contributed by atoms with Crippen LogP contribution in [-0.2, 0) is 0 Å². The molecule has 0 bridgehead atoms. The van der Waals surface area contributed by atoms with Gasteiger partial charge in [-0.3, -0.25) is 0 Å². The summed E-state index contributed by atoms with van der Waals surface area (Å²) >= 11 is 1.89. The maximum Gasteiger partial charge on any atom is 0.0581 e. The SMILES string of the molecule is CSCC(C)NC(c1ccccc1)c1ccc(C)cc1C. The van der Waals surface area contributed by atoms with Gasteiger partial charge >= 0.3 is 0 Å². The summed E-state index contributed by atoms with van der Waals surface area (Å²) in [5.74, 6) is 1.12. The Hall–Kier alpha value is -1.25. The molecular formula is C19H25NS. The largest absolute Gasteiger partial charge is 0.303 e. The zero-order valence-corrected chi connectivity index (χ0v) is 14.2. The lowest BCUT2D eigenvalue weighted by Crippen LogP contribution is -2.33. The third-order valence-corrected chi connectivity index (χ3v) is 4.57. The molecule has 0 heterocycles. The predicted octanol–water partition coefficient (Wildman–Crippen LogP) is 4.73. The Labute approximate surface area is 133 Å². The molecule has 2 aromatic rings. The second-order valence-electron chi connectivity index (χ2n) is 5.73. The molecule has 0 amide bonds. The normalized spacial score (nSPS) is 13.9. The average molecular weight is 299 g/mol. The molecule has 0 fully saturated rings. The summed E-state index contributed by atoms with van der Waals surface area (Å²) in [4.78, 5) is 0. The van der Waals surface area contributed by atoms with Gasteiger partial charge in [-0.1, -0.05) is 54.1 Å². The number of nitrogens with one attached hydrogen (secondary N) is 1. The summed E-state index contributed by atoms with van der Waals surface area (Å²) in [6, 6.07) is 18.2. The number of hydrogen-bond acceptors (Lipinski definition) is 2. The standard InChI is InChI=1S/C19H25NS/c1-14-10-11-18(15(2)12-14)19(20-16(3)13-21-4)17-8-6-5-7-9-17/h5-12,16,19-20H,13H2,1-4H3. The minimum absolute atomic E-state index is 0.258. The zero-order valence-electron chi connectivity index (χ0n) is 13.4. The van der Waals surface area contributed by atoms with Crippen molar-refractivity contribution in [2.75, 3.05) is 12.0 Å². The van der Waals surface area contributed by atoms with E-state index in [0.29, 0.717) is 6.04 Å². The zero-order chi connectivity index (χ0) is 15.2. The van der Waals surface area contributed by atoms with E-state index in [4.69, 9.17) is 0 Å². The Morgan fingerprint density at radius 1 is 1.05 bits per heavy atom. The van der Waals surface area contributed by atoms with Gasteiger partial charge in [0.1, 0.15) is 0 Å². The minimum atomic E-state index is 0.258. The van der Waals surface area contributed by atoms with Crippen molar-refractivity contribution < 1.29 is 0 Å². The highest BCUT2D eigenvalue weighted by atomic mass is 32.2. The Kier molecular flexibility index (Phi) is 5.89. The lowest BCUT2D eigenvalue weighted by Gasteiger charge is -2.25. The molecule has 2 rings (SSSR count). The van der Waals surface area contributed by atoms with Crippen LogP contribution in [0.4, 0.5) is 0 Å². The van der Waals surface area contributed by atoms with Gasteiger partial charge in [0.2, 0.25) is 0 Å². The number of rotatable bonds is 6. The van der Waals surface area contributed by atoms with Crippen LogP contribution in [-0.4, -0.2) is 18.1 Å². The van der Waals surface area contributed by atoms with Crippen LogP contribution in [0.25, 0.3) is 0 Å². The van der Waals surface area contributed by atoms with Crippen LogP contribution in [0.2, 0.25) is 0 Å². The maximum absolute atomic E-state index is 3.79. The van der Waals surface area contributed by atoms with Crippen molar-refractivity contribution in [3.8, 4) is 0 Å². The maximum atomic E-state index is 3.79. The first-order valence-electron chi connectivity index (χ1n) is 7.49. The molecule has 2 atom stereocenters. The third kappa shape index (κ3) is 4.36. The smallest absolute Gasteiger partial charge is 0.0581 e. The predicted molar refractivity (Wildman–Crippen MR) is 95.2 cm³/mol. The second kappa shape index (κ2) is 7.67. The molecule has 0 saturated carbocycles. The Morgan fingerprint density at radius 2 is 1.76 bits per heavy atom. The van der Waals surface area contributed by atoms with E-state index in [1.807, 2.05) is 11.8 Å². The van der Waals surface area contributed by atoms with Crippen LogP contribution < -0.4 is 5.32 Å². The van der Waals surface area contributed by atoms with E-state index in [0.717, 1.165) is 5.75 Å². The highest BCUT2D eigenvalue weighted by Crippen LogP contribution is 2.26. The van der Waals surface area contributed by atoms with E-state index in [1.54, 1.807) is 0 Å². The van der Waals surface area contributed by atoms with Crippen molar-refractivity contribution in [1.82, 2.24) is 5.32 Å². The molecular weight excluding hydrogens is 274 g/mol. The van der Waals surface area contributed by atoms with E-state index < -0.39 is 0 Å². The number of thioether (sulfide) groups is 1. The molecule has 0 radical (unpaired) electrons. The van der Waals surface area contributed by atoms with E-state index >= 15 is 0 Å². The molecule has 1 N–H and O–H groups in total. The molecule has 0 aliphatic carbocycles. The van der Waals surface area contributed by atoms with Gasteiger partial charge < -0.3 is 5.32 Å². The molecule has 0 aliphatic heterocycles. The van der Waals surface area contributed by atoms with Gasteiger partial charge in [-0.25, -0.2) is 0 Å². The highest BCUT2D eigenvalue weighted by molar-refractivity contribution is 7.98. The van der Waals surface area contributed by atoms with Gasteiger partial charge in [-0.05, 0) is 43.7 Å². The molecule has 0 aliphatic rings. The van der Waals surface area contributed by atoms with Gasteiger partial charge in [0, 0.05) is 11.8 Å². The molecule has 21 heavy (non-hydrogen) atoms. The summed E-state index contributed by atoms with van der Waals surface area (Å²) in [5, 5.41) is 3.79. The van der Waals surface area contributed by atoms with Crippen molar-refractivity contribution in [3.05, 3.63) is 70.8 Å². The van der Waals surface area contributed by atoms with Crippen LogP contribution >= 0.6 is 11.8 Å². The van der Waals surface area contributed by atoms with Crippen LogP contribution in [0.1, 0.15) is 35.2 Å². The van der Waals surface area contributed by atoms with Gasteiger partial charge in [0.05, 0.1) is 6.04 Å². The van der Waals surface area contributed by atoms with E-state index in [2.05, 4.69) is 80.9 Å². The summed E-state index contributed by atoms with van der Waals surface area (Å²) in [6.45, 7) is 6.62. The molecule has 2 aromatic carbocycles. The Balaban J connectivity index is 2.35. The molecule has 112 valence electrons.